The molecule has 0 spiro atoms. The van der Waals surface area contributed by atoms with Crippen LogP contribution >= 0.6 is 0 Å². The molecule has 2 heteroatoms. The lowest BCUT2D eigenvalue weighted by Crippen LogP contribution is -2.44. The minimum atomic E-state index is 0.529. The van der Waals surface area contributed by atoms with Gasteiger partial charge in [0.15, 0.2) is 0 Å². The Balaban J connectivity index is 1.69. The van der Waals surface area contributed by atoms with Crippen LogP contribution in [0.25, 0.3) is 0 Å². The largest absolute Gasteiger partial charge is 0.370 e. The maximum atomic E-state index is 3.68. The smallest absolute Gasteiger partial charge is 0.0366 e. The highest BCUT2D eigenvalue weighted by molar-refractivity contribution is 5.47. The van der Waals surface area contributed by atoms with Crippen molar-refractivity contribution in [1.82, 2.24) is 5.32 Å². The second kappa shape index (κ2) is 6.31. The van der Waals surface area contributed by atoms with Crippen LogP contribution in [0.2, 0.25) is 0 Å². The summed E-state index contributed by atoms with van der Waals surface area (Å²) in [5, 5.41) is 3.68. The molecule has 110 valence electrons. The molecular formula is C19H24N2. The fourth-order valence-corrected chi connectivity index (χ4v) is 3.09. The molecule has 0 amide bonds. The van der Waals surface area contributed by atoms with Gasteiger partial charge < -0.3 is 10.2 Å². The Morgan fingerprint density at radius 3 is 2.48 bits per heavy atom. The van der Waals surface area contributed by atoms with Gasteiger partial charge in [-0.1, -0.05) is 42.0 Å². The second-order valence-corrected chi connectivity index (χ2v) is 5.92. The van der Waals surface area contributed by atoms with Gasteiger partial charge in [0.05, 0.1) is 0 Å². The molecule has 0 radical (unpaired) electrons. The predicted molar refractivity (Wildman–Crippen MR) is 89.8 cm³/mol. The summed E-state index contributed by atoms with van der Waals surface area (Å²) >= 11 is 0. The quantitative estimate of drug-likeness (QED) is 0.921. The van der Waals surface area contributed by atoms with Crippen molar-refractivity contribution in [2.75, 3.05) is 18.0 Å². The van der Waals surface area contributed by atoms with Crippen molar-refractivity contribution in [3.63, 3.8) is 0 Å². The summed E-state index contributed by atoms with van der Waals surface area (Å²) in [4.78, 5) is 2.46. The topological polar surface area (TPSA) is 15.3 Å². The molecule has 3 rings (SSSR count). The Morgan fingerprint density at radius 1 is 1.05 bits per heavy atom. The highest BCUT2D eigenvalue weighted by Gasteiger charge is 2.19. The van der Waals surface area contributed by atoms with Gasteiger partial charge in [-0.15, -0.1) is 0 Å². The van der Waals surface area contributed by atoms with Gasteiger partial charge >= 0.3 is 0 Å². The van der Waals surface area contributed by atoms with Gasteiger partial charge in [0, 0.05) is 31.4 Å². The molecular weight excluding hydrogens is 256 g/mol. The number of nitrogens with one attached hydrogen (secondary N) is 1. The summed E-state index contributed by atoms with van der Waals surface area (Å²) in [6.07, 6.45) is 1.12. The first-order valence-electron chi connectivity index (χ1n) is 7.88. The van der Waals surface area contributed by atoms with Crippen LogP contribution in [0.15, 0.2) is 48.5 Å². The number of likely N-dealkylation sites (N-methyl/N-ethyl adjacent to an activating group) is 1. The van der Waals surface area contributed by atoms with Crippen LogP contribution in [-0.4, -0.2) is 19.1 Å². The summed E-state index contributed by atoms with van der Waals surface area (Å²) in [5.74, 6) is 0. The molecule has 2 aromatic carbocycles. The molecule has 0 saturated heterocycles. The molecule has 2 aromatic rings. The third-order valence-electron chi connectivity index (χ3n) is 4.39. The standard InChI is InChI=1S/C19H24N2/c1-3-21(19-10-8-15(2)9-11-19)14-18-12-16-6-4-5-7-17(16)13-20-18/h4-11,18,20H,3,12-14H2,1-2H3. The first kappa shape index (κ1) is 14.2. The number of hydrogen-bond acceptors (Lipinski definition) is 2. The number of fused-ring (bicyclic) bond motifs is 1. The van der Waals surface area contributed by atoms with E-state index in [0.29, 0.717) is 6.04 Å². The summed E-state index contributed by atoms with van der Waals surface area (Å²) < 4.78 is 0. The molecule has 1 heterocycles. The fourth-order valence-electron chi connectivity index (χ4n) is 3.09. The fraction of sp³-hybridized carbons (Fsp3) is 0.368. The second-order valence-electron chi connectivity index (χ2n) is 5.92. The lowest BCUT2D eigenvalue weighted by molar-refractivity contribution is 0.474. The number of rotatable bonds is 4. The number of anilines is 1. The predicted octanol–water partition coefficient (Wildman–Crippen LogP) is 3.54. The molecule has 1 aliphatic rings. The van der Waals surface area contributed by atoms with Gasteiger partial charge in [-0.25, -0.2) is 0 Å². The average Bonchev–Trinajstić information content (AvgIpc) is 2.53. The number of hydrogen-bond donors (Lipinski definition) is 1. The molecule has 0 aliphatic carbocycles. The van der Waals surface area contributed by atoms with Crippen LogP contribution in [0.5, 0.6) is 0 Å². The molecule has 21 heavy (non-hydrogen) atoms. The van der Waals surface area contributed by atoms with E-state index in [0.717, 1.165) is 26.1 Å². The molecule has 1 atom stereocenters. The van der Waals surface area contributed by atoms with Crippen LogP contribution in [0.1, 0.15) is 23.6 Å². The number of benzene rings is 2. The Labute approximate surface area is 127 Å². The Hall–Kier alpha value is -1.80. The van der Waals surface area contributed by atoms with Gasteiger partial charge in [0.1, 0.15) is 0 Å². The summed E-state index contributed by atoms with van der Waals surface area (Å²) in [5.41, 5.74) is 5.59. The lowest BCUT2D eigenvalue weighted by Gasteiger charge is -2.32. The summed E-state index contributed by atoms with van der Waals surface area (Å²) in [6, 6.07) is 18.2. The molecule has 1 N–H and O–H groups in total. The van der Waals surface area contributed by atoms with E-state index in [-0.39, 0.29) is 0 Å². The minimum Gasteiger partial charge on any atom is -0.370 e. The van der Waals surface area contributed by atoms with Crippen molar-refractivity contribution < 1.29 is 0 Å². The van der Waals surface area contributed by atoms with E-state index in [4.69, 9.17) is 0 Å². The Kier molecular flexibility index (Phi) is 4.26. The van der Waals surface area contributed by atoms with Crippen LogP contribution in [0.4, 0.5) is 5.69 Å². The minimum absolute atomic E-state index is 0.529. The molecule has 0 bridgehead atoms. The van der Waals surface area contributed by atoms with E-state index < -0.39 is 0 Å². The van der Waals surface area contributed by atoms with Crippen molar-refractivity contribution in [3.05, 3.63) is 65.2 Å². The monoisotopic (exact) mass is 280 g/mol. The number of nitrogens with zero attached hydrogens (tertiary/aromatic N) is 1. The van der Waals surface area contributed by atoms with E-state index in [2.05, 4.69) is 72.6 Å². The van der Waals surface area contributed by atoms with Crippen molar-refractivity contribution in [2.24, 2.45) is 0 Å². The van der Waals surface area contributed by atoms with Crippen LogP contribution in [0.3, 0.4) is 0 Å². The van der Waals surface area contributed by atoms with Crippen LogP contribution < -0.4 is 10.2 Å². The van der Waals surface area contributed by atoms with Gasteiger partial charge in [-0.3, -0.25) is 0 Å². The molecule has 1 unspecified atom stereocenters. The maximum absolute atomic E-state index is 3.68. The third-order valence-corrected chi connectivity index (χ3v) is 4.39. The van der Waals surface area contributed by atoms with E-state index in [9.17, 15) is 0 Å². The molecule has 0 aromatic heterocycles. The van der Waals surface area contributed by atoms with Gasteiger partial charge in [-0.2, -0.15) is 0 Å². The zero-order chi connectivity index (χ0) is 14.7. The number of aryl methyl sites for hydroxylation is 1. The van der Waals surface area contributed by atoms with Crippen molar-refractivity contribution >= 4 is 5.69 Å². The summed E-state index contributed by atoms with van der Waals surface area (Å²) in [7, 11) is 0. The Bertz CT molecular complexity index is 589. The van der Waals surface area contributed by atoms with Crippen molar-refractivity contribution in [1.29, 1.82) is 0 Å². The van der Waals surface area contributed by atoms with Gasteiger partial charge in [0.2, 0.25) is 0 Å². The first-order chi connectivity index (χ1) is 10.3. The lowest BCUT2D eigenvalue weighted by atomic mass is 9.95. The zero-order valence-electron chi connectivity index (χ0n) is 13.0. The molecule has 2 nitrogen and oxygen atoms in total. The Morgan fingerprint density at radius 2 is 1.76 bits per heavy atom. The SMILES string of the molecule is CCN(CC1Cc2ccccc2CN1)c1ccc(C)cc1. The molecule has 0 fully saturated rings. The van der Waals surface area contributed by atoms with Gasteiger partial charge in [-0.05, 0) is 43.5 Å². The van der Waals surface area contributed by atoms with Crippen LogP contribution in [0, 0.1) is 6.92 Å². The third kappa shape index (κ3) is 3.27. The van der Waals surface area contributed by atoms with Crippen molar-refractivity contribution in [3.8, 4) is 0 Å². The zero-order valence-corrected chi connectivity index (χ0v) is 13.0. The molecule has 0 saturated carbocycles. The van der Waals surface area contributed by atoms with E-state index in [1.807, 2.05) is 0 Å². The highest BCUT2D eigenvalue weighted by atomic mass is 15.2. The van der Waals surface area contributed by atoms with E-state index in [1.54, 1.807) is 0 Å². The average molecular weight is 280 g/mol. The maximum Gasteiger partial charge on any atom is 0.0366 e. The highest BCUT2D eigenvalue weighted by Crippen LogP contribution is 2.20. The van der Waals surface area contributed by atoms with Crippen molar-refractivity contribution in [2.45, 2.75) is 32.9 Å². The first-order valence-corrected chi connectivity index (χ1v) is 7.88. The van der Waals surface area contributed by atoms with Crippen LogP contribution in [-0.2, 0) is 13.0 Å². The van der Waals surface area contributed by atoms with E-state index >= 15 is 0 Å². The normalized spacial score (nSPS) is 17.3. The summed E-state index contributed by atoms with van der Waals surface area (Å²) in [6.45, 7) is 7.47. The molecule has 1 aliphatic heterocycles. The van der Waals surface area contributed by atoms with E-state index in [1.165, 1.54) is 22.4 Å². The van der Waals surface area contributed by atoms with Gasteiger partial charge in [0.25, 0.3) is 0 Å².